The Labute approximate surface area is 175 Å². The molecule has 0 aliphatic heterocycles. The SMILES string of the molecule is COc1cccc(NC(=O)c2cccc(CC(C(C)=O)C(=O)c3ccccc3)c2)c1. The van der Waals surface area contributed by atoms with Crippen LogP contribution in [-0.4, -0.2) is 24.6 Å². The highest BCUT2D eigenvalue weighted by Crippen LogP contribution is 2.20. The van der Waals surface area contributed by atoms with Gasteiger partial charge in [-0.3, -0.25) is 14.4 Å². The number of carbonyl (C=O) groups excluding carboxylic acids is 3. The molecule has 3 aromatic rings. The van der Waals surface area contributed by atoms with Crippen LogP contribution in [0.15, 0.2) is 78.9 Å². The van der Waals surface area contributed by atoms with Gasteiger partial charge in [0.05, 0.1) is 13.0 Å². The van der Waals surface area contributed by atoms with E-state index in [4.69, 9.17) is 4.74 Å². The zero-order chi connectivity index (χ0) is 21.5. The Morgan fingerprint density at radius 1 is 0.867 bits per heavy atom. The van der Waals surface area contributed by atoms with Gasteiger partial charge >= 0.3 is 0 Å². The number of rotatable bonds is 8. The monoisotopic (exact) mass is 401 g/mol. The number of hydrogen-bond donors (Lipinski definition) is 1. The number of nitrogens with one attached hydrogen (secondary N) is 1. The van der Waals surface area contributed by atoms with Crippen molar-refractivity contribution in [2.24, 2.45) is 5.92 Å². The summed E-state index contributed by atoms with van der Waals surface area (Å²) in [6, 6.07) is 22.8. The molecule has 3 rings (SSSR count). The lowest BCUT2D eigenvalue weighted by Gasteiger charge is -2.14. The summed E-state index contributed by atoms with van der Waals surface area (Å²) in [5, 5.41) is 2.83. The van der Waals surface area contributed by atoms with Gasteiger partial charge in [0, 0.05) is 22.9 Å². The normalized spacial score (nSPS) is 11.4. The summed E-state index contributed by atoms with van der Waals surface area (Å²) >= 11 is 0. The standard InChI is InChI=1S/C25H23NO4/c1-17(27)23(24(28)19-9-4-3-5-10-19)15-18-8-6-11-20(14-18)25(29)26-21-12-7-13-22(16-21)30-2/h3-14,16,23H,15H2,1-2H3,(H,26,29). The number of Topliss-reactive ketones (excluding diaryl/α,β-unsaturated/α-hetero) is 2. The Morgan fingerprint density at radius 3 is 2.27 bits per heavy atom. The van der Waals surface area contributed by atoms with Gasteiger partial charge in [-0.1, -0.05) is 48.5 Å². The third kappa shape index (κ3) is 5.20. The maximum atomic E-state index is 12.8. The molecule has 0 heterocycles. The minimum Gasteiger partial charge on any atom is -0.497 e. The van der Waals surface area contributed by atoms with E-state index in [1.165, 1.54) is 6.92 Å². The minimum absolute atomic E-state index is 0.199. The first-order chi connectivity index (χ1) is 14.5. The van der Waals surface area contributed by atoms with Crippen molar-refractivity contribution < 1.29 is 19.1 Å². The molecule has 0 saturated carbocycles. The maximum Gasteiger partial charge on any atom is 0.255 e. The molecule has 0 fully saturated rings. The van der Waals surface area contributed by atoms with E-state index in [1.807, 2.05) is 12.1 Å². The Balaban J connectivity index is 1.77. The smallest absolute Gasteiger partial charge is 0.255 e. The second-order valence-corrected chi connectivity index (χ2v) is 6.98. The molecule has 1 atom stereocenters. The zero-order valence-corrected chi connectivity index (χ0v) is 16.9. The first kappa shape index (κ1) is 21.0. The van der Waals surface area contributed by atoms with E-state index in [2.05, 4.69) is 5.32 Å². The molecule has 30 heavy (non-hydrogen) atoms. The van der Waals surface area contributed by atoms with E-state index in [-0.39, 0.29) is 23.9 Å². The number of methoxy groups -OCH3 is 1. The van der Waals surface area contributed by atoms with Crippen LogP contribution in [0.1, 0.15) is 33.2 Å². The van der Waals surface area contributed by atoms with Crippen LogP contribution < -0.4 is 10.1 Å². The molecule has 0 aliphatic rings. The molecule has 152 valence electrons. The van der Waals surface area contributed by atoms with Gasteiger partial charge in [0.15, 0.2) is 5.78 Å². The fourth-order valence-electron chi connectivity index (χ4n) is 3.20. The summed E-state index contributed by atoms with van der Waals surface area (Å²) in [4.78, 5) is 37.6. The predicted molar refractivity (Wildman–Crippen MR) is 116 cm³/mol. The van der Waals surface area contributed by atoms with Crippen molar-refractivity contribution in [2.75, 3.05) is 12.4 Å². The van der Waals surface area contributed by atoms with Crippen molar-refractivity contribution in [3.63, 3.8) is 0 Å². The molecule has 1 amide bonds. The van der Waals surface area contributed by atoms with E-state index in [1.54, 1.807) is 73.8 Å². The number of ketones is 2. The van der Waals surface area contributed by atoms with Gasteiger partial charge in [-0.25, -0.2) is 0 Å². The fourth-order valence-corrected chi connectivity index (χ4v) is 3.20. The first-order valence-corrected chi connectivity index (χ1v) is 9.62. The average molecular weight is 401 g/mol. The van der Waals surface area contributed by atoms with Crippen molar-refractivity contribution in [2.45, 2.75) is 13.3 Å². The highest BCUT2D eigenvalue weighted by atomic mass is 16.5. The maximum absolute atomic E-state index is 12.8. The van der Waals surface area contributed by atoms with Crippen molar-refractivity contribution in [3.8, 4) is 5.75 Å². The second kappa shape index (κ2) is 9.65. The van der Waals surface area contributed by atoms with Crippen LogP contribution in [0.4, 0.5) is 5.69 Å². The van der Waals surface area contributed by atoms with Crippen LogP contribution in [0.5, 0.6) is 5.75 Å². The predicted octanol–water partition coefficient (Wildman–Crippen LogP) is 4.58. The lowest BCUT2D eigenvalue weighted by molar-refractivity contribution is -0.119. The Bertz CT molecular complexity index is 1060. The lowest BCUT2D eigenvalue weighted by Crippen LogP contribution is -2.24. The van der Waals surface area contributed by atoms with Gasteiger partial charge in [-0.15, -0.1) is 0 Å². The summed E-state index contributed by atoms with van der Waals surface area (Å²) in [5.41, 5.74) is 2.32. The van der Waals surface area contributed by atoms with E-state index < -0.39 is 5.92 Å². The van der Waals surface area contributed by atoms with Crippen LogP contribution in [0.3, 0.4) is 0 Å². The van der Waals surface area contributed by atoms with Crippen LogP contribution >= 0.6 is 0 Å². The van der Waals surface area contributed by atoms with Crippen LogP contribution in [0, 0.1) is 5.92 Å². The van der Waals surface area contributed by atoms with Gasteiger partial charge in [0.2, 0.25) is 0 Å². The zero-order valence-electron chi connectivity index (χ0n) is 16.9. The molecule has 5 heteroatoms. The topological polar surface area (TPSA) is 72.5 Å². The fraction of sp³-hybridized carbons (Fsp3) is 0.160. The Hall–Kier alpha value is -3.73. The van der Waals surface area contributed by atoms with Crippen molar-refractivity contribution in [3.05, 3.63) is 95.6 Å². The molecule has 0 bridgehead atoms. The number of carbonyl (C=O) groups is 3. The third-order valence-electron chi connectivity index (χ3n) is 4.82. The quantitative estimate of drug-likeness (QED) is 0.443. The molecule has 0 radical (unpaired) electrons. The van der Waals surface area contributed by atoms with Crippen molar-refractivity contribution in [1.29, 1.82) is 0 Å². The van der Waals surface area contributed by atoms with Gasteiger partial charge in [-0.2, -0.15) is 0 Å². The summed E-state index contributed by atoms with van der Waals surface area (Å²) in [6.07, 6.45) is 0.239. The van der Waals surface area contributed by atoms with E-state index in [9.17, 15) is 14.4 Å². The van der Waals surface area contributed by atoms with Crippen LogP contribution in [-0.2, 0) is 11.2 Å². The molecule has 0 saturated heterocycles. The van der Waals surface area contributed by atoms with Crippen LogP contribution in [0.2, 0.25) is 0 Å². The largest absolute Gasteiger partial charge is 0.497 e. The average Bonchev–Trinajstić information content (AvgIpc) is 2.77. The second-order valence-electron chi connectivity index (χ2n) is 6.98. The number of anilines is 1. The molecular weight excluding hydrogens is 378 g/mol. The molecule has 1 unspecified atom stereocenters. The lowest BCUT2D eigenvalue weighted by atomic mass is 9.88. The van der Waals surface area contributed by atoms with Gasteiger partial charge < -0.3 is 10.1 Å². The first-order valence-electron chi connectivity index (χ1n) is 9.62. The van der Waals surface area contributed by atoms with E-state index >= 15 is 0 Å². The van der Waals surface area contributed by atoms with Gasteiger partial charge in [0.25, 0.3) is 5.91 Å². The molecule has 1 N–H and O–H groups in total. The molecule has 5 nitrogen and oxygen atoms in total. The Kier molecular flexibility index (Phi) is 6.75. The van der Waals surface area contributed by atoms with Crippen molar-refractivity contribution >= 4 is 23.2 Å². The summed E-state index contributed by atoms with van der Waals surface area (Å²) in [6.45, 7) is 1.42. The number of hydrogen-bond acceptors (Lipinski definition) is 4. The Morgan fingerprint density at radius 2 is 1.57 bits per heavy atom. The van der Waals surface area contributed by atoms with Crippen LogP contribution in [0.25, 0.3) is 0 Å². The van der Waals surface area contributed by atoms with Crippen molar-refractivity contribution in [1.82, 2.24) is 0 Å². The molecule has 0 aliphatic carbocycles. The number of ether oxygens (including phenoxy) is 1. The van der Waals surface area contributed by atoms with E-state index in [0.29, 0.717) is 22.6 Å². The summed E-state index contributed by atoms with van der Waals surface area (Å²) in [7, 11) is 1.56. The number of amides is 1. The van der Waals surface area contributed by atoms with Gasteiger partial charge in [0.1, 0.15) is 11.5 Å². The summed E-state index contributed by atoms with van der Waals surface area (Å²) < 4.78 is 5.17. The number of benzene rings is 3. The van der Waals surface area contributed by atoms with Gasteiger partial charge in [-0.05, 0) is 43.2 Å². The molecule has 3 aromatic carbocycles. The highest BCUT2D eigenvalue weighted by Gasteiger charge is 2.25. The molecular formula is C25H23NO4. The highest BCUT2D eigenvalue weighted by molar-refractivity contribution is 6.10. The molecule has 0 spiro atoms. The summed E-state index contributed by atoms with van der Waals surface area (Å²) in [5.74, 6) is -0.836. The minimum atomic E-state index is -0.788. The third-order valence-corrected chi connectivity index (χ3v) is 4.82. The molecule has 0 aromatic heterocycles. The van der Waals surface area contributed by atoms with E-state index in [0.717, 1.165) is 5.56 Å².